The summed E-state index contributed by atoms with van der Waals surface area (Å²) in [5.74, 6) is 0.391. The summed E-state index contributed by atoms with van der Waals surface area (Å²) >= 11 is 0. The number of carbonyl (C=O) groups excluding carboxylic acids is 3. The molecule has 1 saturated heterocycles. The zero-order chi connectivity index (χ0) is 21.3. The Morgan fingerprint density at radius 3 is 2.13 bits per heavy atom. The zero-order valence-corrected chi connectivity index (χ0v) is 16.8. The van der Waals surface area contributed by atoms with Crippen molar-refractivity contribution in [2.24, 2.45) is 0 Å². The number of aldehydes is 1. The van der Waals surface area contributed by atoms with Crippen LogP contribution in [0.4, 0.5) is 5.69 Å². The first-order chi connectivity index (χ1) is 14.6. The maximum Gasteiger partial charge on any atom is 0.344 e. The van der Waals surface area contributed by atoms with Crippen LogP contribution in [0.3, 0.4) is 0 Å². The van der Waals surface area contributed by atoms with E-state index in [1.54, 1.807) is 36.3 Å². The van der Waals surface area contributed by atoms with Crippen LogP contribution < -0.4 is 14.4 Å². The third-order valence-electron chi connectivity index (χ3n) is 4.80. The molecule has 1 heterocycles. The fraction of sp³-hybridized carbons (Fsp3) is 0.318. The molecular formula is C22H24N2O6. The van der Waals surface area contributed by atoms with E-state index in [2.05, 4.69) is 4.90 Å². The van der Waals surface area contributed by atoms with Crippen LogP contribution in [-0.2, 0) is 14.3 Å². The van der Waals surface area contributed by atoms with Crippen LogP contribution in [0.15, 0.2) is 48.5 Å². The maximum absolute atomic E-state index is 12.3. The average Bonchev–Trinajstić information content (AvgIpc) is 2.81. The SMILES string of the molecule is COc1ccc(N2CCN(C(=O)COC(=O)COc3ccc(C=O)cc3)CC2)cc1. The quantitative estimate of drug-likeness (QED) is 0.483. The molecule has 2 aromatic rings. The van der Waals surface area contributed by atoms with Gasteiger partial charge in [-0.3, -0.25) is 9.59 Å². The van der Waals surface area contributed by atoms with Gasteiger partial charge in [0.1, 0.15) is 17.8 Å². The van der Waals surface area contributed by atoms with Crippen molar-refractivity contribution in [3.63, 3.8) is 0 Å². The number of esters is 1. The predicted molar refractivity (Wildman–Crippen MR) is 110 cm³/mol. The van der Waals surface area contributed by atoms with E-state index in [9.17, 15) is 14.4 Å². The Kier molecular flexibility index (Phi) is 7.26. The lowest BCUT2D eigenvalue weighted by atomic mass is 10.2. The van der Waals surface area contributed by atoms with Crippen molar-refractivity contribution in [1.29, 1.82) is 0 Å². The maximum atomic E-state index is 12.3. The molecule has 1 fully saturated rings. The van der Waals surface area contributed by atoms with Crippen molar-refractivity contribution >= 4 is 23.9 Å². The van der Waals surface area contributed by atoms with Gasteiger partial charge in [-0.1, -0.05) is 0 Å². The van der Waals surface area contributed by atoms with Crippen LogP contribution in [0.25, 0.3) is 0 Å². The normalized spacial score (nSPS) is 13.5. The van der Waals surface area contributed by atoms with Crippen molar-refractivity contribution in [3.8, 4) is 11.5 Å². The molecule has 3 rings (SSSR count). The summed E-state index contributed by atoms with van der Waals surface area (Å²) in [5.41, 5.74) is 1.59. The van der Waals surface area contributed by atoms with Crippen LogP contribution in [0.2, 0.25) is 0 Å². The number of hydrogen-bond donors (Lipinski definition) is 0. The van der Waals surface area contributed by atoms with Gasteiger partial charge in [-0.25, -0.2) is 4.79 Å². The van der Waals surface area contributed by atoms with Crippen LogP contribution >= 0.6 is 0 Å². The second-order valence-corrected chi connectivity index (χ2v) is 6.70. The van der Waals surface area contributed by atoms with Crippen molar-refractivity contribution < 1.29 is 28.6 Å². The topological polar surface area (TPSA) is 85.4 Å². The molecular weight excluding hydrogens is 388 g/mol. The minimum Gasteiger partial charge on any atom is -0.497 e. The Bertz CT molecular complexity index is 858. The molecule has 0 radical (unpaired) electrons. The molecule has 8 heteroatoms. The van der Waals surface area contributed by atoms with E-state index in [-0.39, 0.29) is 19.1 Å². The zero-order valence-electron chi connectivity index (χ0n) is 16.8. The van der Waals surface area contributed by atoms with Gasteiger partial charge in [0.2, 0.25) is 0 Å². The highest BCUT2D eigenvalue weighted by Crippen LogP contribution is 2.20. The van der Waals surface area contributed by atoms with Crippen LogP contribution in [0, 0.1) is 0 Å². The number of amides is 1. The molecule has 0 saturated carbocycles. The van der Waals surface area contributed by atoms with Crippen LogP contribution in [0.1, 0.15) is 10.4 Å². The van der Waals surface area contributed by atoms with Gasteiger partial charge in [0, 0.05) is 37.4 Å². The Hall–Kier alpha value is -3.55. The van der Waals surface area contributed by atoms with Crippen molar-refractivity contribution in [3.05, 3.63) is 54.1 Å². The number of benzene rings is 2. The minimum absolute atomic E-state index is 0.229. The lowest BCUT2D eigenvalue weighted by Crippen LogP contribution is -2.50. The van der Waals surface area contributed by atoms with Gasteiger partial charge in [0.25, 0.3) is 5.91 Å². The summed E-state index contributed by atoms with van der Waals surface area (Å²) in [7, 11) is 1.63. The summed E-state index contributed by atoms with van der Waals surface area (Å²) in [5, 5.41) is 0. The van der Waals surface area contributed by atoms with Crippen molar-refractivity contribution in [2.75, 3.05) is 51.4 Å². The Morgan fingerprint density at radius 1 is 0.900 bits per heavy atom. The highest BCUT2D eigenvalue weighted by Gasteiger charge is 2.22. The first-order valence-electron chi connectivity index (χ1n) is 9.59. The number of anilines is 1. The Morgan fingerprint density at radius 2 is 1.53 bits per heavy atom. The number of ether oxygens (including phenoxy) is 3. The molecule has 2 aromatic carbocycles. The van der Waals surface area contributed by atoms with Crippen LogP contribution in [0.5, 0.6) is 11.5 Å². The molecule has 0 bridgehead atoms. The second kappa shape index (κ2) is 10.3. The number of methoxy groups -OCH3 is 1. The van der Waals surface area contributed by atoms with Gasteiger partial charge in [-0.05, 0) is 48.5 Å². The molecule has 8 nitrogen and oxygen atoms in total. The number of carbonyl (C=O) groups is 3. The van der Waals surface area contributed by atoms with E-state index in [0.29, 0.717) is 37.5 Å². The van der Waals surface area contributed by atoms with Crippen molar-refractivity contribution in [1.82, 2.24) is 4.90 Å². The van der Waals surface area contributed by atoms with E-state index in [1.807, 2.05) is 24.3 Å². The molecule has 1 aliphatic heterocycles. The summed E-state index contributed by atoms with van der Waals surface area (Å²) in [6, 6.07) is 14.1. The molecule has 1 aliphatic rings. The molecule has 0 atom stereocenters. The Labute approximate surface area is 174 Å². The summed E-state index contributed by atoms with van der Waals surface area (Å²) in [6.07, 6.45) is 0.723. The van der Waals surface area contributed by atoms with Gasteiger partial charge in [0.15, 0.2) is 13.2 Å². The van der Waals surface area contributed by atoms with Gasteiger partial charge < -0.3 is 24.0 Å². The molecule has 0 aliphatic carbocycles. The van der Waals surface area contributed by atoms with E-state index in [1.165, 1.54) is 0 Å². The van der Waals surface area contributed by atoms with Crippen molar-refractivity contribution in [2.45, 2.75) is 0 Å². The van der Waals surface area contributed by atoms with E-state index < -0.39 is 5.97 Å². The first-order valence-corrected chi connectivity index (χ1v) is 9.59. The van der Waals surface area contributed by atoms with Gasteiger partial charge in [-0.15, -0.1) is 0 Å². The monoisotopic (exact) mass is 412 g/mol. The van der Waals surface area contributed by atoms with Gasteiger partial charge >= 0.3 is 5.97 Å². The number of piperazine rings is 1. The molecule has 1 amide bonds. The molecule has 0 unspecified atom stereocenters. The molecule has 158 valence electrons. The summed E-state index contributed by atoms with van der Waals surface area (Å²) < 4.78 is 15.5. The van der Waals surface area contributed by atoms with Crippen LogP contribution in [-0.4, -0.2) is 69.6 Å². The highest BCUT2D eigenvalue weighted by molar-refractivity contribution is 5.81. The lowest BCUT2D eigenvalue weighted by molar-refractivity contribution is -0.153. The predicted octanol–water partition coefficient (Wildman–Crippen LogP) is 1.78. The van der Waals surface area contributed by atoms with E-state index >= 15 is 0 Å². The van der Waals surface area contributed by atoms with E-state index in [0.717, 1.165) is 17.7 Å². The Balaban J connectivity index is 1.37. The van der Waals surface area contributed by atoms with Gasteiger partial charge in [-0.2, -0.15) is 0 Å². The second-order valence-electron chi connectivity index (χ2n) is 6.70. The number of rotatable bonds is 8. The smallest absolute Gasteiger partial charge is 0.344 e. The van der Waals surface area contributed by atoms with E-state index in [4.69, 9.17) is 14.2 Å². The molecule has 30 heavy (non-hydrogen) atoms. The molecule has 0 spiro atoms. The van der Waals surface area contributed by atoms with Gasteiger partial charge in [0.05, 0.1) is 7.11 Å². The molecule has 0 N–H and O–H groups in total. The third-order valence-corrected chi connectivity index (χ3v) is 4.80. The number of nitrogens with zero attached hydrogens (tertiary/aromatic N) is 2. The molecule has 0 aromatic heterocycles. The lowest BCUT2D eigenvalue weighted by Gasteiger charge is -2.36. The minimum atomic E-state index is -0.625. The fourth-order valence-electron chi connectivity index (χ4n) is 3.07. The fourth-order valence-corrected chi connectivity index (χ4v) is 3.07. The highest BCUT2D eigenvalue weighted by atomic mass is 16.6. The third kappa shape index (κ3) is 5.73. The standard InChI is InChI=1S/C22H24N2O6/c1-28-19-8-4-18(5-9-19)23-10-12-24(13-11-23)21(26)15-30-22(27)16-29-20-6-2-17(14-25)3-7-20/h2-9,14H,10-13,15-16H2,1H3. The number of hydrogen-bond acceptors (Lipinski definition) is 7. The summed E-state index contributed by atoms with van der Waals surface area (Å²) in [6.45, 7) is 1.90. The average molecular weight is 412 g/mol. The summed E-state index contributed by atoms with van der Waals surface area (Å²) in [4.78, 5) is 38.6. The first kappa shape index (κ1) is 21.2. The largest absolute Gasteiger partial charge is 0.497 e.